The van der Waals surface area contributed by atoms with Crippen molar-refractivity contribution >= 4 is 11.8 Å². The van der Waals surface area contributed by atoms with Crippen molar-refractivity contribution in [2.75, 3.05) is 17.7 Å². The first-order valence-corrected chi connectivity index (χ1v) is 7.54. The van der Waals surface area contributed by atoms with Gasteiger partial charge < -0.3 is 15.4 Å². The summed E-state index contributed by atoms with van der Waals surface area (Å²) in [5, 5.41) is 14.3. The van der Waals surface area contributed by atoms with Crippen molar-refractivity contribution in [3.05, 3.63) is 66.1 Å². The minimum atomic E-state index is 0.451. The van der Waals surface area contributed by atoms with Gasteiger partial charge in [-0.15, -0.1) is 5.10 Å². The number of nitrogens with zero attached hydrogens (tertiary/aromatic N) is 4. The Balaban J connectivity index is 1.61. The Morgan fingerprint density at radius 2 is 1.88 bits per heavy atom. The van der Waals surface area contributed by atoms with Crippen LogP contribution in [0.3, 0.4) is 0 Å². The quantitative estimate of drug-likeness (QED) is 0.691. The molecular formula is C17H18N6O. The van der Waals surface area contributed by atoms with Gasteiger partial charge in [0.05, 0.1) is 25.5 Å². The van der Waals surface area contributed by atoms with Gasteiger partial charge in [-0.05, 0) is 18.2 Å². The van der Waals surface area contributed by atoms with Crippen molar-refractivity contribution in [1.29, 1.82) is 0 Å². The van der Waals surface area contributed by atoms with E-state index in [4.69, 9.17) is 4.74 Å². The molecule has 0 unspecified atom stereocenters. The van der Waals surface area contributed by atoms with Crippen molar-refractivity contribution in [3.63, 3.8) is 0 Å². The maximum Gasteiger partial charge on any atom is 0.244 e. The smallest absolute Gasteiger partial charge is 0.244 e. The molecule has 0 atom stereocenters. The topological polar surface area (TPSA) is 84.9 Å². The SMILES string of the molecule is COc1ccccc1CNc1nncc(NCc2ccccn2)n1. The number of ether oxygens (including phenoxy) is 1. The Bertz CT molecular complexity index is 781. The van der Waals surface area contributed by atoms with Crippen LogP contribution in [0.1, 0.15) is 11.3 Å². The van der Waals surface area contributed by atoms with Crippen LogP contribution >= 0.6 is 0 Å². The zero-order chi connectivity index (χ0) is 16.6. The summed E-state index contributed by atoms with van der Waals surface area (Å²) in [6, 6.07) is 13.6. The van der Waals surface area contributed by atoms with Crippen molar-refractivity contribution in [1.82, 2.24) is 20.2 Å². The van der Waals surface area contributed by atoms with Crippen molar-refractivity contribution in [2.24, 2.45) is 0 Å². The van der Waals surface area contributed by atoms with Gasteiger partial charge in [0.15, 0.2) is 5.82 Å². The van der Waals surface area contributed by atoms with Gasteiger partial charge in [-0.1, -0.05) is 24.3 Å². The average molecular weight is 322 g/mol. The zero-order valence-electron chi connectivity index (χ0n) is 13.3. The van der Waals surface area contributed by atoms with Crippen LogP contribution in [-0.4, -0.2) is 27.3 Å². The third-order valence-electron chi connectivity index (χ3n) is 3.37. The first-order chi connectivity index (χ1) is 11.8. The van der Waals surface area contributed by atoms with E-state index >= 15 is 0 Å². The summed E-state index contributed by atoms with van der Waals surface area (Å²) in [4.78, 5) is 8.65. The molecule has 0 fully saturated rings. The molecule has 1 aromatic carbocycles. The van der Waals surface area contributed by atoms with E-state index in [9.17, 15) is 0 Å². The van der Waals surface area contributed by atoms with E-state index in [2.05, 4.69) is 30.8 Å². The molecule has 3 aromatic rings. The largest absolute Gasteiger partial charge is 0.496 e. The molecule has 0 spiro atoms. The number of nitrogens with one attached hydrogen (secondary N) is 2. The number of hydrogen-bond donors (Lipinski definition) is 2. The fourth-order valence-corrected chi connectivity index (χ4v) is 2.17. The number of hydrogen-bond acceptors (Lipinski definition) is 7. The second kappa shape index (κ2) is 7.87. The zero-order valence-corrected chi connectivity index (χ0v) is 13.3. The van der Waals surface area contributed by atoms with Gasteiger partial charge in [0.2, 0.25) is 5.95 Å². The molecule has 0 amide bonds. The van der Waals surface area contributed by atoms with Gasteiger partial charge in [0, 0.05) is 18.3 Å². The summed E-state index contributed by atoms with van der Waals surface area (Å²) < 4.78 is 5.33. The molecule has 2 aromatic heterocycles. The molecule has 7 heteroatoms. The molecule has 2 heterocycles. The predicted octanol–water partition coefficient (Wildman–Crippen LogP) is 2.50. The third-order valence-corrected chi connectivity index (χ3v) is 3.37. The molecule has 0 aliphatic rings. The lowest BCUT2D eigenvalue weighted by atomic mass is 10.2. The number of anilines is 2. The minimum absolute atomic E-state index is 0.451. The first kappa shape index (κ1) is 15.7. The summed E-state index contributed by atoms with van der Waals surface area (Å²) in [6.07, 6.45) is 3.34. The summed E-state index contributed by atoms with van der Waals surface area (Å²) in [7, 11) is 1.65. The molecule has 0 radical (unpaired) electrons. The minimum Gasteiger partial charge on any atom is -0.496 e. The van der Waals surface area contributed by atoms with Crippen LogP contribution < -0.4 is 15.4 Å². The lowest BCUT2D eigenvalue weighted by Gasteiger charge is -2.10. The van der Waals surface area contributed by atoms with Gasteiger partial charge in [-0.2, -0.15) is 10.1 Å². The van der Waals surface area contributed by atoms with Crippen molar-refractivity contribution in [2.45, 2.75) is 13.1 Å². The second-order valence-corrected chi connectivity index (χ2v) is 5.01. The fraction of sp³-hybridized carbons (Fsp3) is 0.176. The van der Waals surface area contributed by atoms with Crippen LogP contribution in [0.5, 0.6) is 5.75 Å². The highest BCUT2D eigenvalue weighted by Gasteiger charge is 2.04. The molecule has 0 aliphatic heterocycles. The van der Waals surface area contributed by atoms with E-state index in [1.165, 1.54) is 0 Å². The van der Waals surface area contributed by atoms with E-state index in [0.717, 1.165) is 17.0 Å². The summed E-state index contributed by atoms with van der Waals surface area (Å²) >= 11 is 0. The third kappa shape index (κ3) is 4.16. The summed E-state index contributed by atoms with van der Waals surface area (Å²) in [5.41, 5.74) is 1.95. The van der Waals surface area contributed by atoms with Gasteiger partial charge in [-0.25, -0.2) is 0 Å². The Morgan fingerprint density at radius 1 is 1.00 bits per heavy atom. The molecule has 2 N–H and O–H groups in total. The predicted molar refractivity (Wildman–Crippen MR) is 91.7 cm³/mol. The van der Waals surface area contributed by atoms with Crippen molar-refractivity contribution < 1.29 is 4.74 Å². The van der Waals surface area contributed by atoms with Crippen LogP contribution in [0, 0.1) is 0 Å². The van der Waals surface area contributed by atoms with Crippen LogP contribution in [0.25, 0.3) is 0 Å². The first-order valence-electron chi connectivity index (χ1n) is 7.54. The standard InChI is InChI=1S/C17H18N6O/c1-24-15-8-3-2-6-13(15)10-20-17-22-16(12-21-23-17)19-11-14-7-4-5-9-18-14/h2-9,12H,10-11H2,1H3,(H2,19,20,22,23). The van der Waals surface area contributed by atoms with Crippen LogP contribution in [0.2, 0.25) is 0 Å². The number of aromatic nitrogens is 4. The summed E-state index contributed by atoms with van der Waals surface area (Å²) in [5.74, 6) is 1.91. The molecule has 0 aliphatic carbocycles. The number of benzene rings is 1. The molecule has 122 valence electrons. The Hall–Kier alpha value is -3.22. The molecule has 3 rings (SSSR count). The fourth-order valence-electron chi connectivity index (χ4n) is 2.17. The highest BCUT2D eigenvalue weighted by atomic mass is 16.5. The van der Waals surface area contributed by atoms with Crippen molar-refractivity contribution in [3.8, 4) is 5.75 Å². The molecule has 0 bridgehead atoms. The Morgan fingerprint density at radius 3 is 2.71 bits per heavy atom. The lowest BCUT2D eigenvalue weighted by molar-refractivity contribution is 0.410. The van der Waals surface area contributed by atoms with Gasteiger partial charge in [0.1, 0.15) is 5.75 Å². The van der Waals surface area contributed by atoms with E-state index in [-0.39, 0.29) is 0 Å². The lowest BCUT2D eigenvalue weighted by Crippen LogP contribution is -2.09. The highest BCUT2D eigenvalue weighted by Crippen LogP contribution is 2.18. The maximum absolute atomic E-state index is 5.33. The number of para-hydroxylation sites is 1. The van der Waals surface area contributed by atoms with E-state index in [1.54, 1.807) is 19.5 Å². The van der Waals surface area contributed by atoms with Gasteiger partial charge >= 0.3 is 0 Å². The monoisotopic (exact) mass is 322 g/mol. The van der Waals surface area contributed by atoms with E-state index < -0.39 is 0 Å². The highest BCUT2D eigenvalue weighted by molar-refractivity contribution is 5.40. The summed E-state index contributed by atoms with van der Waals surface area (Å²) in [6.45, 7) is 1.13. The Kier molecular flexibility index (Phi) is 5.14. The number of rotatable bonds is 7. The molecule has 24 heavy (non-hydrogen) atoms. The number of pyridine rings is 1. The molecule has 0 saturated carbocycles. The van der Waals surface area contributed by atoms with Crippen LogP contribution in [0.15, 0.2) is 54.9 Å². The molecule has 0 saturated heterocycles. The van der Waals surface area contributed by atoms with E-state index in [1.807, 2.05) is 42.5 Å². The van der Waals surface area contributed by atoms with Gasteiger partial charge in [0.25, 0.3) is 0 Å². The van der Waals surface area contributed by atoms with Crippen LogP contribution in [-0.2, 0) is 13.1 Å². The molecule has 7 nitrogen and oxygen atoms in total. The maximum atomic E-state index is 5.33. The van der Waals surface area contributed by atoms with Gasteiger partial charge in [-0.3, -0.25) is 4.98 Å². The van der Waals surface area contributed by atoms with Crippen LogP contribution in [0.4, 0.5) is 11.8 Å². The normalized spacial score (nSPS) is 10.2. The molecular weight excluding hydrogens is 304 g/mol. The number of methoxy groups -OCH3 is 1. The average Bonchev–Trinajstić information content (AvgIpc) is 2.66. The Labute approximate surface area is 140 Å². The van der Waals surface area contributed by atoms with E-state index in [0.29, 0.717) is 24.9 Å². The second-order valence-electron chi connectivity index (χ2n) is 5.01.